The van der Waals surface area contributed by atoms with Gasteiger partial charge in [0.05, 0.1) is 5.69 Å². The van der Waals surface area contributed by atoms with Crippen LogP contribution in [0.4, 0.5) is 5.69 Å². The molecule has 4 aliphatic rings. The lowest BCUT2D eigenvalue weighted by Gasteiger charge is -2.70. The Morgan fingerprint density at radius 2 is 1.97 bits per heavy atom. The van der Waals surface area contributed by atoms with E-state index in [0.29, 0.717) is 28.6 Å². The highest BCUT2D eigenvalue weighted by Crippen LogP contribution is 2.69. The lowest BCUT2D eigenvalue weighted by Crippen LogP contribution is -2.76. The van der Waals surface area contributed by atoms with Crippen molar-refractivity contribution in [1.82, 2.24) is 5.32 Å². The topological polar surface area (TPSA) is 93.7 Å². The summed E-state index contributed by atoms with van der Waals surface area (Å²) in [6.07, 6.45) is 1.38. The summed E-state index contributed by atoms with van der Waals surface area (Å²) in [5, 5.41) is 6.34. The molecule has 0 aromatic heterocycles. The summed E-state index contributed by atoms with van der Waals surface area (Å²) in [5.41, 5.74) is 1.03. The third kappa shape index (κ3) is 3.71. The van der Waals surface area contributed by atoms with E-state index < -0.39 is 17.9 Å². The third-order valence-electron chi connectivity index (χ3n) is 6.50. The van der Waals surface area contributed by atoms with Crippen LogP contribution in [0.5, 0.6) is 11.5 Å². The van der Waals surface area contributed by atoms with E-state index in [2.05, 4.69) is 10.6 Å². The lowest BCUT2D eigenvalue weighted by atomic mass is 9.38. The molecule has 8 heteroatoms. The summed E-state index contributed by atoms with van der Waals surface area (Å²) < 4.78 is 11.2. The first-order chi connectivity index (χ1) is 15.3. The summed E-state index contributed by atoms with van der Waals surface area (Å²) >= 11 is 6.01. The number of hydrogen-bond acceptors (Lipinski definition) is 5. The first-order valence-electron chi connectivity index (χ1n) is 10.6. The largest absolute Gasteiger partial charge is 0.486 e. The molecular formula is C24H23ClN2O5. The summed E-state index contributed by atoms with van der Waals surface area (Å²) in [7, 11) is 0. The molecule has 0 radical (unpaired) electrons. The average Bonchev–Trinajstić information content (AvgIpc) is 2.71. The molecule has 32 heavy (non-hydrogen) atoms. The number of carbonyl (C=O) groups excluding carboxylic acids is 3. The van der Waals surface area contributed by atoms with E-state index in [-0.39, 0.29) is 23.3 Å². The monoisotopic (exact) mass is 454 g/mol. The number of amides is 2. The predicted octanol–water partition coefficient (Wildman–Crippen LogP) is 3.43. The molecule has 0 saturated heterocycles. The molecule has 3 saturated carbocycles. The van der Waals surface area contributed by atoms with Gasteiger partial charge in [0, 0.05) is 17.0 Å². The number of halogens is 1. The number of carbonyl (C=O) groups is 3. The molecule has 166 valence electrons. The summed E-state index contributed by atoms with van der Waals surface area (Å²) in [6.45, 7) is 1.89. The first kappa shape index (κ1) is 20.8. The van der Waals surface area contributed by atoms with Gasteiger partial charge in [-0.1, -0.05) is 23.7 Å². The second-order valence-electron chi connectivity index (χ2n) is 9.20. The minimum Gasteiger partial charge on any atom is -0.486 e. The van der Waals surface area contributed by atoms with Crippen LogP contribution >= 0.6 is 11.6 Å². The molecular weight excluding hydrogens is 432 g/mol. The highest BCUT2D eigenvalue weighted by molar-refractivity contribution is 6.31. The Kier molecular flexibility index (Phi) is 4.89. The Morgan fingerprint density at radius 1 is 1.22 bits per heavy atom. The first-order valence-corrected chi connectivity index (χ1v) is 10.9. The third-order valence-corrected chi connectivity index (χ3v) is 6.92. The van der Waals surface area contributed by atoms with E-state index in [0.717, 1.165) is 24.8 Å². The van der Waals surface area contributed by atoms with Crippen molar-refractivity contribution in [2.75, 3.05) is 11.9 Å². The highest BCUT2D eigenvalue weighted by atomic mass is 35.5. The molecule has 2 bridgehead atoms. The van der Waals surface area contributed by atoms with Gasteiger partial charge < -0.3 is 20.1 Å². The van der Waals surface area contributed by atoms with Crippen molar-refractivity contribution < 1.29 is 23.9 Å². The molecule has 3 fully saturated rings. The van der Waals surface area contributed by atoms with Crippen molar-refractivity contribution >= 4 is 34.9 Å². The summed E-state index contributed by atoms with van der Waals surface area (Å²) in [6, 6.07) is 12.3. The molecule has 1 unspecified atom stereocenters. The van der Waals surface area contributed by atoms with Crippen LogP contribution in [0, 0.1) is 12.3 Å². The van der Waals surface area contributed by atoms with Crippen molar-refractivity contribution in [1.29, 1.82) is 0 Å². The molecule has 2 amide bonds. The van der Waals surface area contributed by atoms with Gasteiger partial charge in [0.1, 0.15) is 18.1 Å². The molecule has 7 nitrogen and oxygen atoms in total. The van der Waals surface area contributed by atoms with E-state index in [4.69, 9.17) is 21.1 Å². The van der Waals surface area contributed by atoms with E-state index in [1.54, 1.807) is 36.4 Å². The Hall–Kier alpha value is -3.06. The smallest absolute Gasteiger partial charge is 0.275 e. The Morgan fingerprint density at radius 3 is 2.72 bits per heavy atom. The van der Waals surface area contributed by atoms with Crippen LogP contribution in [-0.2, 0) is 14.4 Å². The number of aryl methyl sites for hydroxylation is 1. The number of para-hydroxylation sites is 2. The van der Waals surface area contributed by atoms with Gasteiger partial charge in [-0.3, -0.25) is 14.4 Å². The Labute approximate surface area is 190 Å². The van der Waals surface area contributed by atoms with Gasteiger partial charge in [-0.2, -0.15) is 0 Å². The SMILES string of the molecule is Cc1cc(OCC(=O)CC23CC(NC(=O)C4Oc5ccccc5NC4=O)(C2)C3)ccc1Cl. The fourth-order valence-corrected chi connectivity index (χ4v) is 5.33. The fourth-order valence-electron chi connectivity index (χ4n) is 5.21. The summed E-state index contributed by atoms with van der Waals surface area (Å²) in [5.74, 6) is 0.200. The average molecular weight is 455 g/mol. The summed E-state index contributed by atoms with van der Waals surface area (Å²) in [4.78, 5) is 37.4. The zero-order valence-electron chi connectivity index (χ0n) is 17.6. The van der Waals surface area contributed by atoms with Gasteiger partial charge >= 0.3 is 0 Å². The van der Waals surface area contributed by atoms with Crippen molar-refractivity contribution in [2.45, 2.75) is 44.2 Å². The predicted molar refractivity (Wildman–Crippen MR) is 118 cm³/mol. The quantitative estimate of drug-likeness (QED) is 0.625. The number of ketones is 1. The maximum atomic E-state index is 12.7. The van der Waals surface area contributed by atoms with Gasteiger partial charge in [0.2, 0.25) is 0 Å². The van der Waals surface area contributed by atoms with Gasteiger partial charge in [0.25, 0.3) is 17.9 Å². The molecule has 2 aromatic rings. The normalized spacial score (nSPS) is 27.1. The van der Waals surface area contributed by atoms with Crippen LogP contribution in [0.25, 0.3) is 0 Å². The van der Waals surface area contributed by atoms with E-state index in [1.165, 1.54) is 0 Å². The van der Waals surface area contributed by atoms with Crippen LogP contribution in [-0.4, -0.2) is 35.8 Å². The molecule has 2 aromatic carbocycles. The molecule has 6 rings (SSSR count). The van der Waals surface area contributed by atoms with Gasteiger partial charge in [-0.15, -0.1) is 0 Å². The number of hydrogen-bond donors (Lipinski definition) is 2. The number of benzene rings is 2. The number of rotatable bonds is 7. The van der Waals surface area contributed by atoms with E-state index >= 15 is 0 Å². The lowest BCUT2D eigenvalue weighted by molar-refractivity contribution is -0.175. The van der Waals surface area contributed by atoms with Crippen LogP contribution < -0.4 is 20.1 Å². The van der Waals surface area contributed by atoms with Crippen LogP contribution in [0.3, 0.4) is 0 Å². The second kappa shape index (κ2) is 7.52. The molecule has 0 spiro atoms. The maximum Gasteiger partial charge on any atom is 0.275 e. The van der Waals surface area contributed by atoms with Crippen molar-refractivity contribution in [3.8, 4) is 11.5 Å². The van der Waals surface area contributed by atoms with Gasteiger partial charge in [-0.25, -0.2) is 0 Å². The number of fused-ring (bicyclic) bond motifs is 1. The van der Waals surface area contributed by atoms with E-state index in [1.807, 2.05) is 13.0 Å². The Bertz CT molecular complexity index is 1110. The zero-order chi connectivity index (χ0) is 22.5. The number of anilines is 1. The minimum absolute atomic E-state index is 0.0116. The number of ether oxygens (including phenoxy) is 2. The Balaban J connectivity index is 1.10. The van der Waals surface area contributed by atoms with Crippen molar-refractivity contribution in [3.05, 3.63) is 53.1 Å². The maximum absolute atomic E-state index is 12.7. The van der Waals surface area contributed by atoms with E-state index in [9.17, 15) is 14.4 Å². The molecule has 1 heterocycles. The van der Waals surface area contributed by atoms with Crippen LogP contribution in [0.2, 0.25) is 5.02 Å². The molecule has 3 aliphatic carbocycles. The van der Waals surface area contributed by atoms with Gasteiger partial charge in [-0.05, 0) is 67.5 Å². The molecule has 2 N–H and O–H groups in total. The van der Waals surface area contributed by atoms with Crippen LogP contribution in [0.15, 0.2) is 42.5 Å². The molecule has 1 atom stereocenters. The minimum atomic E-state index is -1.22. The van der Waals surface area contributed by atoms with Crippen LogP contribution in [0.1, 0.15) is 31.2 Å². The zero-order valence-corrected chi connectivity index (χ0v) is 18.3. The number of nitrogens with one attached hydrogen (secondary N) is 2. The fraction of sp³-hybridized carbons (Fsp3) is 0.375. The van der Waals surface area contributed by atoms with Crippen molar-refractivity contribution in [3.63, 3.8) is 0 Å². The van der Waals surface area contributed by atoms with Crippen molar-refractivity contribution in [2.24, 2.45) is 5.41 Å². The number of Topliss-reactive ketones (excluding diaryl/α,β-unsaturated/α-hetero) is 1. The standard InChI is InChI=1S/C24H23ClN2O5/c1-14-8-16(6-7-17(14)25)31-10-15(28)9-23-11-24(12-23,13-23)27-22(30)20-21(29)26-18-4-2-3-5-19(18)32-20/h2-8,20H,9-13H2,1H3,(H,26,29)(H,27,30). The molecule has 1 aliphatic heterocycles. The highest BCUT2D eigenvalue weighted by Gasteiger charge is 2.68. The second-order valence-corrected chi connectivity index (χ2v) is 9.61. The van der Waals surface area contributed by atoms with Gasteiger partial charge in [0.15, 0.2) is 5.78 Å².